The van der Waals surface area contributed by atoms with E-state index >= 15 is 0 Å². The van der Waals surface area contributed by atoms with Crippen LogP contribution in [0.3, 0.4) is 0 Å². The topological polar surface area (TPSA) is 38.5 Å². The number of hydrogen-bond donors (Lipinski definition) is 1. The monoisotopic (exact) mass is 238 g/mol. The molecule has 4 heteroatoms. The molecule has 1 aromatic carbocycles. The van der Waals surface area contributed by atoms with E-state index in [0.717, 1.165) is 30.2 Å². The fourth-order valence-corrected chi connectivity index (χ4v) is 3.00. The lowest BCUT2D eigenvalue weighted by Gasteiger charge is -2.33. The minimum atomic E-state index is 0.676. The summed E-state index contributed by atoms with van der Waals surface area (Å²) in [6.07, 6.45) is 0. The average molecular weight is 238 g/mol. The van der Waals surface area contributed by atoms with Crippen LogP contribution in [0.5, 0.6) is 5.75 Å². The van der Waals surface area contributed by atoms with Crippen molar-refractivity contribution in [2.24, 2.45) is 0 Å². The largest absolute Gasteiger partial charge is 0.497 e. The highest BCUT2D eigenvalue weighted by atomic mass is 32.2. The molecule has 0 spiro atoms. The maximum absolute atomic E-state index is 6.04. The van der Waals surface area contributed by atoms with Crippen LogP contribution in [0.2, 0.25) is 0 Å². The second-order valence-electron chi connectivity index (χ2n) is 4.05. The molecule has 2 rings (SSSR count). The van der Waals surface area contributed by atoms with Crippen molar-refractivity contribution in [3.63, 3.8) is 0 Å². The first-order valence-corrected chi connectivity index (χ1v) is 6.55. The molecule has 1 unspecified atom stereocenters. The number of nitrogen functional groups attached to an aromatic ring is 1. The summed E-state index contributed by atoms with van der Waals surface area (Å²) in [5.74, 6) is 1.99. The van der Waals surface area contributed by atoms with Crippen LogP contribution in [0.4, 0.5) is 11.4 Å². The SMILES string of the molecule is COc1ccc(N2CCSC(C)C2)c(N)c1. The molecule has 0 radical (unpaired) electrons. The Morgan fingerprint density at radius 3 is 2.94 bits per heavy atom. The van der Waals surface area contributed by atoms with Crippen molar-refractivity contribution >= 4 is 23.1 Å². The Labute approximate surface area is 101 Å². The lowest BCUT2D eigenvalue weighted by molar-refractivity contribution is 0.415. The van der Waals surface area contributed by atoms with Gasteiger partial charge in [0, 0.05) is 30.2 Å². The van der Waals surface area contributed by atoms with E-state index in [4.69, 9.17) is 10.5 Å². The van der Waals surface area contributed by atoms with E-state index in [9.17, 15) is 0 Å². The van der Waals surface area contributed by atoms with Gasteiger partial charge < -0.3 is 15.4 Å². The number of nitrogens with zero attached hydrogens (tertiary/aromatic N) is 1. The summed E-state index contributed by atoms with van der Waals surface area (Å²) >= 11 is 2.02. The zero-order valence-corrected chi connectivity index (χ0v) is 10.6. The molecule has 0 aliphatic carbocycles. The summed E-state index contributed by atoms with van der Waals surface area (Å²) in [7, 11) is 1.66. The van der Waals surface area contributed by atoms with Gasteiger partial charge in [-0.3, -0.25) is 0 Å². The molecule has 2 N–H and O–H groups in total. The van der Waals surface area contributed by atoms with E-state index in [-0.39, 0.29) is 0 Å². The molecule has 1 aromatic rings. The summed E-state index contributed by atoms with van der Waals surface area (Å²) in [6, 6.07) is 5.91. The van der Waals surface area contributed by atoms with Gasteiger partial charge in [-0.2, -0.15) is 11.8 Å². The van der Waals surface area contributed by atoms with E-state index in [2.05, 4.69) is 17.9 Å². The fourth-order valence-electron chi connectivity index (χ4n) is 1.98. The van der Waals surface area contributed by atoms with Crippen molar-refractivity contribution in [1.82, 2.24) is 0 Å². The van der Waals surface area contributed by atoms with Crippen molar-refractivity contribution in [2.75, 3.05) is 36.6 Å². The zero-order valence-electron chi connectivity index (χ0n) is 9.77. The number of hydrogen-bond acceptors (Lipinski definition) is 4. The predicted molar refractivity (Wildman–Crippen MR) is 71.5 cm³/mol. The van der Waals surface area contributed by atoms with Crippen LogP contribution in [0.15, 0.2) is 18.2 Å². The highest BCUT2D eigenvalue weighted by molar-refractivity contribution is 8.00. The summed E-state index contributed by atoms with van der Waals surface area (Å²) in [6.45, 7) is 4.41. The smallest absolute Gasteiger partial charge is 0.121 e. The highest BCUT2D eigenvalue weighted by Crippen LogP contribution is 2.30. The highest BCUT2D eigenvalue weighted by Gasteiger charge is 2.18. The second kappa shape index (κ2) is 4.87. The number of benzene rings is 1. The quantitative estimate of drug-likeness (QED) is 0.802. The van der Waals surface area contributed by atoms with Crippen LogP contribution < -0.4 is 15.4 Å². The lowest BCUT2D eigenvalue weighted by Crippen LogP contribution is -2.36. The first-order chi connectivity index (χ1) is 7.70. The van der Waals surface area contributed by atoms with Crippen LogP contribution in [0.25, 0.3) is 0 Å². The molecule has 0 bridgehead atoms. The van der Waals surface area contributed by atoms with Gasteiger partial charge in [-0.05, 0) is 12.1 Å². The predicted octanol–water partition coefficient (Wildman–Crippen LogP) is 2.22. The van der Waals surface area contributed by atoms with Crippen molar-refractivity contribution in [3.8, 4) is 5.75 Å². The maximum atomic E-state index is 6.04. The molecule has 1 saturated heterocycles. The third-order valence-electron chi connectivity index (χ3n) is 2.82. The van der Waals surface area contributed by atoms with Gasteiger partial charge in [-0.1, -0.05) is 6.92 Å². The number of thioether (sulfide) groups is 1. The van der Waals surface area contributed by atoms with Gasteiger partial charge in [0.15, 0.2) is 0 Å². The molecular formula is C12H18N2OS. The number of rotatable bonds is 2. The molecule has 16 heavy (non-hydrogen) atoms. The molecule has 0 amide bonds. The minimum Gasteiger partial charge on any atom is -0.497 e. The van der Waals surface area contributed by atoms with Crippen LogP contribution in [0, 0.1) is 0 Å². The van der Waals surface area contributed by atoms with Gasteiger partial charge in [0.05, 0.1) is 18.5 Å². The normalized spacial score (nSPS) is 20.9. The molecule has 1 aliphatic rings. The first-order valence-electron chi connectivity index (χ1n) is 5.51. The van der Waals surface area contributed by atoms with E-state index < -0.39 is 0 Å². The van der Waals surface area contributed by atoms with E-state index in [1.165, 1.54) is 5.75 Å². The van der Waals surface area contributed by atoms with E-state index in [1.54, 1.807) is 7.11 Å². The van der Waals surface area contributed by atoms with E-state index in [1.807, 2.05) is 23.9 Å². The second-order valence-corrected chi connectivity index (χ2v) is 5.60. The van der Waals surface area contributed by atoms with Crippen LogP contribution in [-0.2, 0) is 0 Å². The number of ether oxygens (including phenoxy) is 1. The average Bonchev–Trinajstić information content (AvgIpc) is 2.28. The molecule has 1 aliphatic heterocycles. The van der Waals surface area contributed by atoms with Crippen molar-refractivity contribution in [2.45, 2.75) is 12.2 Å². The Balaban J connectivity index is 2.19. The number of anilines is 2. The van der Waals surface area contributed by atoms with Crippen molar-refractivity contribution in [3.05, 3.63) is 18.2 Å². The van der Waals surface area contributed by atoms with Crippen LogP contribution in [0.1, 0.15) is 6.92 Å². The summed E-state index contributed by atoms with van der Waals surface area (Å²) in [4.78, 5) is 2.36. The number of methoxy groups -OCH3 is 1. The molecule has 0 aromatic heterocycles. The maximum Gasteiger partial charge on any atom is 0.121 e. The molecule has 1 heterocycles. The standard InChI is InChI=1S/C12H18N2OS/c1-9-8-14(5-6-16-9)12-4-3-10(15-2)7-11(12)13/h3-4,7,9H,5-6,8,13H2,1-2H3. The fraction of sp³-hybridized carbons (Fsp3) is 0.500. The van der Waals surface area contributed by atoms with Crippen LogP contribution >= 0.6 is 11.8 Å². The Morgan fingerprint density at radius 1 is 1.50 bits per heavy atom. The Bertz CT molecular complexity index is 370. The Hall–Kier alpha value is -1.03. The third kappa shape index (κ3) is 2.38. The van der Waals surface area contributed by atoms with Gasteiger partial charge in [0.1, 0.15) is 5.75 Å². The van der Waals surface area contributed by atoms with Gasteiger partial charge >= 0.3 is 0 Å². The Kier molecular flexibility index (Phi) is 3.49. The summed E-state index contributed by atoms with van der Waals surface area (Å²) < 4.78 is 5.16. The van der Waals surface area contributed by atoms with E-state index in [0.29, 0.717) is 5.25 Å². The molecule has 1 atom stereocenters. The van der Waals surface area contributed by atoms with Crippen molar-refractivity contribution < 1.29 is 4.74 Å². The van der Waals surface area contributed by atoms with Crippen LogP contribution in [-0.4, -0.2) is 31.2 Å². The summed E-state index contributed by atoms with van der Waals surface area (Å²) in [5.41, 5.74) is 7.98. The zero-order chi connectivity index (χ0) is 11.5. The van der Waals surface area contributed by atoms with Gasteiger partial charge in [-0.15, -0.1) is 0 Å². The van der Waals surface area contributed by atoms with Gasteiger partial charge in [-0.25, -0.2) is 0 Å². The third-order valence-corrected chi connectivity index (χ3v) is 3.95. The molecule has 1 fully saturated rings. The van der Waals surface area contributed by atoms with Gasteiger partial charge in [0.25, 0.3) is 0 Å². The minimum absolute atomic E-state index is 0.676. The number of nitrogens with two attached hydrogens (primary N) is 1. The molecule has 3 nitrogen and oxygen atoms in total. The molecule has 0 saturated carbocycles. The summed E-state index contributed by atoms with van der Waals surface area (Å²) in [5, 5.41) is 0.676. The first kappa shape index (κ1) is 11.5. The molecule has 88 valence electrons. The van der Waals surface area contributed by atoms with Gasteiger partial charge in [0.2, 0.25) is 0 Å². The molecular weight excluding hydrogens is 220 g/mol. The lowest BCUT2D eigenvalue weighted by atomic mass is 10.2. The van der Waals surface area contributed by atoms with Crippen molar-refractivity contribution in [1.29, 1.82) is 0 Å². The Morgan fingerprint density at radius 2 is 2.31 bits per heavy atom.